The monoisotopic (exact) mass is 686 g/mol. The molecular weight excluding hydrogens is 594 g/mol. The zero-order valence-electron chi connectivity index (χ0n) is 34.9. The van der Waals surface area contributed by atoms with Crippen LogP contribution in [0.15, 0.2) is 0 Å². The first kappa shape index (κ1) is 49.8. The summed E-state index contributed by atoms with van der Waals surface area (Å²) in [7, 11) is 1.50. The summed E-state index contributed by atoms with van der Waals surface area (Å²) in [6, 6.07) is 1.37. The van der Waals surface area contributed by atoms with Crippen LogP contribution in [0.1, 0.15) is 199 Å². The van der Waals surface area contributed by atoms with Gasteiger partial charge in [-0.2, -0.15) is 0 Å². The Bertz CT molecular complexity index is 624. The first-order valence-electron chi connectivity index (χ1n) is 20.5. The second-order valence-electron chi connectivity index (χ2n) is 17.2. The van der Waals surface area contributed by atoms with E-state index in [1.165, 1.54) is 110 Å². The van der Waals surface area contributed by atoms with Gasteiger partial charge in [-0.15, -0.1) is 0 Å². The molecule has 2 heterocycles. The maximum atomic E-state index is 8.91. The number of hydrogen-bond donors (Lipinski definition) is 7. The number of aliphatic hydroxyl groups is 2. The molecule has 48 heavy (non-hydrogen) atoms. The largest absolute Gasteiger partial charge is 0.393 e. The summed E-state index contributed by atoms with van der Waals surface area (Å²) in [5.41, 5.74) is 5.58. The van der Waals surface area contributed by atoms with Crippen LogP contribution in [0, 0.1) is 0 Å². The van der Waals surface area contributed by atoms with Crippen molar-refractivity contribution >= 4 is 0 Å². The second kappa shape index (κ2) is 27.4. The maximum absolute atomic E-state index is 8.91. The van der Waals surface area contributed by atoms with Crippen LogP contribution < -0.4 is 27.0 Å². The molecule has 2 saturated carbocycles. The van der Waals surface area contributed by atoms with Gasteiger partial charge in [0.2, 0.25) is 0 Å². The molecule has 8 N–H and O–H groups in total. The van der Waals surface area contributed by atoms with E-state index in [1.54, 1.807) is 0 Å². The second-order valence-corrected chi connectivity index (χ2v) is 17.2. The molecule has 4 rings (SSSR count). The molecule has 292 valence electrons. The molecule has 0 atom stereocenters. The van der Waals surface area contributed by atoms with Gasteiger partial charge in [0, 0.05) is 34.2 Å². The van der Waals surface area contributed by atoms with Gasteiger partial charge < -0.3 is 37.2 Å². The molecule has 4 fully saturated rings. The Labute approximate surface area is 301 Å². The number of rotatable bonds is 8. The lowest BCUT2D eigenvalue weighted by molar-refractivity contribution is 0.130. The maximum Gasteiger partial charge on any atom is 0.0540 e. The Kier molecular flexibility index (Phi) is 28.4. The summed E-state index contributed by atoms with van der Waals surface area (Å²) in [5, 5.41) is 32.6. The highest BCUT2D eigenvalue weighted by molar-refractivity contribution is 5.00. The van der Waals surface area contributed by atoms with Crippen LogP contribution in [-0.2, 0) is 0 Å². The Hall–Kier alpha value is -0.280. The van der Waals surface area contributed by atoms with Crippen LogP contribution in [0.25, 0.3) is 0 Å². The van der Waals surface area contributed by atoms with E-state index in [0.717, 1.165) is 25.7 Å². The predicted octanol–water partition coefficient (Wildman–Crippen LogP) is 8.59. The molecule has 0 radical (unpaired) electrons. The number of aliphatic hydroxyl groups excluding tert-OH is 2. The molecule has 2 aliphatic carbocycles. The van der Waals surface area contributed by atoms with Gasteiger partial charge >= 0.3 is 0 Å². The highest BCUT2D eigenvalue weighted by Gasteiger charge is 2.38. The van der Waals surface area contributed by atoms with Gasteiger partial charge in [0.15, 0.2) is 0 Å². The number of nitrogens with two attached hydrogens (primary N) is 1. The molecule has 2 aliphatic heterocycles. The molecule has 0 amide bonds. The fraction of sp³-hybridized carbons (Fsp3) is 1.00. The van der Waals surface area contributed by atoms with Crippen LogP contribution in [0.5, 0.6) is 0 Å². The first-order chi connectivity index (χ1) is 22.5. The van der Waals surface area contributed by atoms with Crippen LogP contribution in [0.4, 0.5) is 0 Å². The zero-order valence-corrected chi connectivity index (χ0v) is 34.9. The molecule has 0 aromatic rings. The van der Waals surface area contributed by atoms with Gasteiger partial charge in [0.1, 0.15) is 0 Å². The van der Waals surface area contributed by atoms with Crippen molar-refractivity contribution in [3.05, 3.63) is 0 Å². The molecule has 0 spiro atoms. The average molecular weight is 686 g/mol. The SMILES string of the molecule is CC.CCCCNC1CC(C)(C)NC(C)(C)C1.CCCCNC1CC(C)(C)NC(C)(C)C1.CN.OC1CCCCC1.OC1CCCCC1. The summed E-state index contributed by atoms with van der Waals surface area (Å²) in [5.74, 6) is 0. The van der Waals surface area contributed by atoms with Crippen LogP contribution in [0.3, 0.4) is 0 Å². The van der Waals surface area contributed by atoms with Gasteiger partial charge in [0.25, 0.3) is 0 Å². The van der Waals surface area contributed by atoms with Gasteiger partial charge in [-0.25, -0.2) is 0 Å². The lowest BCUT2D eigenvalue weighted by atomic mass is 9.79. The quantitative estimate of drug-likeness (QED) is 0.128. The molecule has 7 heteroatoms. The lowest BCUT2D eigenvalue weighted by Gasteiger charge is -2.46. The van der Waals surface area contributed by atoms with Crippen LogP contribution in [0.2, 0.25) is 0 Å². The van der Waals surface area contributed by atoms with Crippen molar-refractivity contribution in [2.75, 3.05) is 20.1 Å². The minimum absolute atomic E-state index is 0.0359. The Morgan fingerprint density at radius 3 is 0.958 bits per heavy atom. The summed E-state index contributed by atoms with van der Waals surface area (Å²) >= 11 is 0. The summed E-state index contributed by atoms with van der Waals surface area (Å²) in [4.78, 5) is 0. The third-order valence-corrected chi connectivity index (χ3v) is 9.46. The zero-order chi connectivity index (χ0) is 37.3. The molecule has 0 bridgehead atoms. The van der Waals surface area contributed by atoms with E-state index in [4.69, 9.17) is 10.2 Å². The Morgan fingerprint density at radius 2 is 0.771 bits per heavy atom. The van der Waals surface area contributed by atoms with Crippen LogP contribution in [-0.4, -0.2) is 76.8 Å². The van der Waals surface area contributed by atoms with Gasteiger partial charge in [-0.05, 0) is 140 Å². The van der Waals surface area contributed by atoms with Crippen molar-refractivity contribution in [1.29, 1.82) is 0 Å². The minimum atomic E-state index is 0.0359. The third-order valence-electron chi connectivity index (χ3n) is 9.46. The van der Waals surface area contributed by atoms with E-state index in [2.05, 4.69) is 96.2 Å². The predicted molar refractivity (Wildman–Crippen MR) is 214 cm³/mol. The number of unbranched alkanes of at least 4 members (excludes halogenated alkanes) is 2. The van der Waals surface area contributed by atoms with E-state index in [1.807, 2.05) is 13.8 Å². The van der Waals surface area contributed by atoms with E-state index in [9.17, 15) is 0 Å². The highest BCUT2D eigenvalue weighted by atomic mass is 16.3. The van der Waals surface area contributed by atoms with Crippen molar-refractivity contribution in [1.82, 2.24) is 21.3 Å². The topological polar surface area (TPSA) is 115 Å². The standard InChI is InChI=1S/2C13H28N2.2C6H12O.C2H6.CH5N/c2*1-6-7-8-14-11-9-12(2,3)15-13(4,5)10-11;2*7-6-4-2-1-3-5-6;2*1-2/h2*11,14-15H,6-10H2,1-5H3;2*6-7H,1-5H2;1-2H3;2H2,1H3. The normalized spacial score (nSPS) is 23.5. The first-order valence-corrected chi connectivity index (χ1v) is 20.5. The van der Waals surface area contributed by atoms with Crippen LogP contribution >= 0.6 is 0 Å². The Morgan fingerprint density at radius 1 is 0.521 bits per heavy atom. The molecule has 0 unspecified atom stereocenters. The number of hydrogen-bond acceptors (Lipinski definition) is 7. The lowest BCUT2D eigenvalue weighted by Crippen LogP contribution is -2.61. The van der Waals surface area contributed by atoms with E-state index < -0.39 is 0 Å². The van der Waals surface area contributed by atoms with E-state index in [-0.39, 0.29) is 34.4 Å². The van der Waals surface area contributed by atoms with Gasteiger partial charge in [-0.3, -0.25) is 0 Å². The molecule has 0 aromatic carbocycles. The summed E-state index contributed by atoms with van der Waals surface area (Å²) < 4.78 is 0. The van der Waals surface area contributed by atoms with Gasteiger partial charge in [0.05, 0.1) is 12.2 Å². The average Bonchev–Trinajstić information content (AvgIpc) is 2.98. The fourth-order valence-corrected chi connectivity index (χ4v) is 8.06. The molecule has 4 aliphatic rings. The van der Waals surface area contributed by atoms with Crippen molar-refractivity contribution in [2.45, 2.75) is 245 Å². The molecule has 2 saturated heterocycles. The highest BCUT2D eigenvalue weighted by Crippen LogP contribution is 2.29. The van der Waals surface area contributed by atoms with E-state index in [0.29, 0.717) is 12.1 Å². The van der Waals surface area contributed by atoms with Gasteiger partial charge in [-0.1, -0.05) is 79.1 Å². The minimum Gasteiger partial charge on any atom is -0.393 e. The molecular formula is C41H91N5O2. The number of piperidine rings is 2. The van der Waals surface area contributed by atoms with Crippen molar-refractivity contribution in [2.24, 2.45) is 5.73 Å². The van der Waals surface area contributed by atoms with Crippen molar-refractivity contribution in [3.8, 4) is 0 Å². The molecule has 0 aromatic heterocycles. The Balaban J connectivity index is 0. The summed E-state index contributed by atoms with van der Waals surface area (Å²) in [6.45, 7) is 29.3. The fourth-order valence-electron chi connectivity index (χ4n) is 8.06. The van der Waals surface area contributed by atoms with Crippen molar-refractivity contribution in [3.63, 3.8) is 0 Å². The molecule has 7 nitrogen and oxygen atoms in total. The third kappa shape index (κ3) is 27.4. The van der Waals surface area contributed by atoms with Crippen molar-refractivity contribution < 1.29 is 10.2 Å². The summed E-state index contributed by atoms with van der Waals surface area (Å²) in [6.07, 6.45) is 22.0. The smallest absolute Gasteiger partial charge is 0.0540 e. The van der Waals surface area contributed by atoms with E-state index >= 15 is 0 Å². The number of nitrogens with one attached hydrogen (secondary N) is 4.